The van der Waals surface area contributed by atoms with Gasteiger partial charge in [0.2, 0.25) is 5.91 Å². The number of hydrogen-bond donors (Lipinski definition) is 2. The van der Waals surface area contributed by atoms with Crippen LogP contribution in [0.15, 0.2) is 22.6 Å². The Hall–Kier alpha value is -2.24. The molecule has 3 rings (SSSR count). The molecule has 1 aliphatic rings. The summed E-state index contributed by atoms with van der Waals surface area (Å²) in [7, 11) is 1.81. The second-order valence-corrected chi connectivity index (χ2v) is 4.90. The molecule has 0 saturated carbocycles. The number of likely N-dealkylation sites (tertiary alicyclic amines) is 1. The summed E-state index contributed by atoms with van der Waals surface area (Å²) in [4.78, 5) is 17.5. The Bertz CT molecular complexity index is 622. The lowest BCUT2D eigenvalue weighted by Gasteiger charge is -2.29. The van der Waals surface area contributed by atoms with E-state index in [4.69, 9.17) is 10.2 Å². The molecule has 1 unspecified atom stereocenters. The van der Waals surface area contributed by atoms with Crippen LogP contribution in [-0.4, -0.2) is 35.4 Å². The van der Waals surface area contributed by atoms with E-state index in [2.05, 4.69) is 10.3 Å². The van der Waals surface area contributed by atoms with Crippen LogP contribution in [-0.2, 0) is 4.79 Å². The molecular weight excluding hydrogens is 244 g/mol. The lowest BCUT2D eigenvalue weighted by atomic mass is 10.1. The van der Waals surface area contributed by atoms with Gasteiger partial charge in [-0.15, -0.1) is 0 Å². The molecule has 6 nitrogen and oxygen atoms in total. The Morgan fingerprint density at radius 1 is 1.53 bits per heavy atom. The predicted molar refractivity (Wildman–Crippen MR) is 72.7 cm³/mol. The van der Waals surface area contributed by atoms with Crippen molar-refractivity contribution in [1.82, 2.24) is 9.88 Å². The summed E-state index contributed by atoms with van der Waals surface area (Å²) in [5.74, 6) is 0.184. The Balaban J connectivity index is 1.76. The second-order valence-electron chi connectivity index (χ2n) is 4.90. The maximum atomic E-state index is 11.4. The van der Waals surface area contributed by atoms with Gasteiger partial charge in [-0.05, 0) is 18.6 Å². The topological polar surface area (TPSA) is 84.4 Å². The van der Waals surface area contributed by atoms with E-state index in [1.165, 1.54) is 0 Å². The van der Waals surface area contributed by atoms with Gasteiger partial charge in [-0.3, -0.25) is 4.79 Å². The number of aromatic nitrogens is 1. The van der Waals surface area contributed by atoms with Crippen LogP contribution in [0.25, 0.3) is 11.1 Å². The Labute approximate surface area is 110 Å². The van der Waals surface area contributed by atoms with Crippen LogP contribution in [0.3, 0.4) is 0 Å². The van der Waals surface area contributed by atoms with Gasteiger partial charge in [-0.25, -0.2) is 0 Å². The maximum absolute atomic E-state index is 11.4. The van der Waals surface area contributed by atoms with Crippen molar-refractivity contribution in [3.8, 4) is 0 Å². The summed E-state index contributed by atoms with van der Waals surface area (Å²) >= 11 is 0. The number of carbonyl (C=O) groups excluding carboxylic acids is 1. The number of likely N-dealkylation sites (N-methyl/N-ethyl adjacent to an activating group) is 1. The Kier molecular flexibility index (Phi) is 2.77. The number of anilines is 2. The van der Waals surface area contributed by atoms with Crippen molar-refractivity contribution in [3.05, 3.63) is 18.2 Å². The molecule has 0 radical (unpaired) electrons. The normalized spacial score (nSPS) is 19.9. The summed E-state index contributed by atoms with van der Waals surface area (Å²) < 4.78 is 5.61. The summed E-state index contributed by atoms with van der Waals surface area (Å²) in [5, 5.41) is 3.23. The van der Waals surface area contributed by atoms with Crippen LogP contribution in [0.1, 0.15) is 12.8 Å². The largest absolute Gasteiger partial charge is 0.423 e. The minimum absolute atomic E-state index is 0.174. The van der Waals surface area contributed by atoms with Crippen LogP contribution in [0.4, 0.5) is 11.7 Å². The first-order chi connectivity index (χ1) is 9.11. The number of nitrogen functional groups attached to an aromatic ring is 1. The summed E-state index contributed by atoms with van der Waals surface area (Å²) in [6.45, 7) is 0.666. The van der Waals surface area contributed by atoms with E-state index in [-0.39, 0.29) is 11.9 Å². The molecule has 0 aliphatic carbocycles. The summed E-state index contributed by atoms with van der Waals surface area (Å²) in [6.07, 6.45) is 1.35. The van der Waals surface area contributed by atoms with Crippen molar-refractivity contribution in [2.75, 3.05) is 24.6 Å². The number of fused-ring (bicyclic) bond motifs is 1. The van der Waals surface area contributed by atoms with Crippen LogP contribution >= 0.6 is 0 Å². The van der Waals surface area contributed by atoms with E-state index in [9.17, 15) is 4.79 Å². The molecule has 1 saturated heterocycles. The Morgan fingerprint density at radius 2 is 2.37 bits per heavy atom. The van der Waals surface area contributed by atoms with Gasteiger partial charge in [0.1, 0.15) is 5.52 Å². The SMILES string of the molecule is CN1CC(Nc2nc3ccc(N)cc3o2)CCC1=O. The third-order valence-corrected chi connectivity index (χ3v) is 3.37. The van der Waals surface area contributed by atoms with Gasteiger partial charge in [0.05, 0.1) is 0 Å². The van der Waals surface area contributed by atoms with Gasteiger partial charge in [-0.2, -0.15) is 4.98 Å². The van der Waals surface area contributed by atoms with E-state index >= 15 is 0 Å². The molecule has 1 amide bonds. The van der Waals surface area contributed by atoms with E-state index in [0.717, 1.165) is 11.9 Å². The lowest BCUT2D eigenvalue weighted by molar-refractivity contribution is -0.132. The summed E-state index contributed by atoms with van der Waals surface area (Å²) in [5.41, 5.74) is 7.79. The quantitative estimate of drug-likeness (QED) is 0.798. The molecule has 0 spiro atoms. The van der Waals surface area contributed by atoms with Crippen LogP contribution in [0, 0.1) is 0 Å². The maximum Gasteiger partial charge on any atom is 0.295 e. The first kappa shape index (κ1) is 11.8. The van der Waals surface area contributed by atoms with Crippen molar-refractivity contribution in [2.24, 2.45) is 0 Å². The Morgan fingerprint density at radius 3 is 3.16 bits per heavy atom. The zero-order valence-corrected chi connectivity index (χ0v) is 10.7. The fourth-order valence-corrected chi connectivity index (χ4v) is 2.31. The fourth-order valence-electron chi connectivity index (χ4n) is 2.31. The highest BCUT2D eigenvalue weighted by molar-refractivity contribution is 5.78. The molecule has 0 bridgehead atoms. The van der Waals surface area contributed by atoms with Gasteiger partial charge in [0, 0.05) is 37.8 Å². The fraction of sp³-hybridized carbons (Fsp3) is 0.385. The van der Waals surface area contributed by atoms with Gasteiger partial charge < -0.3 is 20.4 Å². The van der Waals surface area contributed by atoms with Gasteiger partial charge in [-0.1, -0.05) is 0 Å². The number of piperidine rings is 1. The number of rotatable bonds is 2. The third kappa shape index (κ3) is 2.33. The monoisotopic (exact) mass is 260 g/mol. The molecule has 6 heteroatoms. The van der Waals surface area contributed by atoms with Crippen LogP contribution in [0.5, 0.6) is 0 Å². The number of nitrogens with zero attached hydrogens (tertiary/aromatic N) is 2. The van der Waals surface area contributed by atoms with Crippen molar-refractivity contribution < 1.29 is 9.21 Å². The van der Waals surface area contributed by atoms with E-state index < -0.39 is 0 Å². The smallest absolute Gasteiger partial charge is 0.295 e. The van der Waals surface area contributed by atoms with E-state index in [0.29, 0.717) is 30.3 Å². The lowest BCUT2D eigenvalue weighted by Crippen LogP contribution is -2.43. The molecule has 3 N–H and O–H groups in total. The first-order valence-electron chi connectivity index (χ1n) is 6.28. The highest BCUT2D eigenvalue weighted by atomic mass is 16.4. The number of nitrogens with two attached hydrogens (primary N) is 1. The van der Waals surface area contributed by atoms with Gasteiger partial charge >= 0.3 is 0 Å². The second kappa shape index (κ2) is 4.46. The van der Waals surface area contributed by atoms with Crippen molar-refractivity contribution >= 4 is 28.7 Å². The van der Waals surface area contributed by atoms with Crippen molar-refractivity contribution in [2.45, 2.75) is 18.9 Å². The number of amides is 1. The molecule has 1 aliphatic heterocycles. The first-order valence-corrected chi connectivity index (χ1v) is 6.28. The third-order valence-electron chi connectivity index (χ3n) is 3.37. The molecule has 2 aromatic rings. The van der Waals surface area contributed by atoms with Crippen molar-refractivity contribution in [1.29, 1.82) is 0 Å². The molecule has 1 fully saturated rings. The van der Waals surface area contributed by atoms with Gasteiger partial charge in [0.15, 0.2) is 5.58 Å². The number of nitrogens with one attached hydrogen (secondary N) is 1. The zero-order valence-electron chi connectivity index (χ0n) is 10.7. The number of hydrogen-bond acceptors (Lipinski definition) is 5. The molecule has 19 heavy (non-hydrogen) atoms. The molecule has 1 aromatic carbocycles. The average molecular weight is 260 g/mol. The molecule has 100 valence electrons. The van der Waals surface area contributed by atoms with Crippen LogP contribution in [0.2, 0.25) is 0 Å². The number of benzene rings is 1. The minimum Gasteiger partial charge on any atom is -0.423 e. The predicted octanol–water partition coefficient (Wildman–Crippen LogP) is 1.44. The average Bonchev–Trinajstić information content (AvgIpc) is 2.75. The molecular formula is C13H16N4O2. The number of carbonyl (C=O) groups is 1. The standard InChI is InChI=1S/C13H16N4O2/c1-17-7-9(3-5-12(17)18)15-13-16-10-4-2-8(14)6-11(10)19-13/h2,4,6,9H,3,5,7,14H2,1H3,(H,15,16). The minimum atomic E-state index is 0.174. The molecule has 1 aromatic heterocycles. The number of oxazole rings is 1. The van der Waals surface area contributed by atoms with Gasteiger partial charge in [0.25, 0.3) is 6.01 Å². The molecule has 1 atom stereocenters. The van der Waals surface area contributed by atoms with E-state index in [1.54, 1.807) is 17.0 Å². The highest BCUT2D eigenvalue weighted by Gasteiger charge is 2.23. The van der Waals surface area contributed by atoms with E-state index in [1.807, 2.05) is 13.1 Å². The molecule has 2 heterocycles. The highest BCUT2D eigenvalue weighted by Crippen LogP contribution is 2.23. The summed E-state index contributed by atoms with van der Waals surface area (Å²) in [6, 6.07) is 6.03. The van der Waals surface area contributed by atoms with Crippen molar-refractivity contribution in [3.63, 3.8) is 0 Å². The van der Waals surface area contributed by atoms with Crippen LogP contribution < -0.4 is 11.1 Å². The zero-order chi connectivity index (χ0) is 13.4.